The van der Waals surface area contributed by atoms with Crippen molar-refractivity contribution in [3.05, 3.63) is 47.4 Å². The summed E-state index contributed by atoms with van der Waals surface area (Å²) in [5.74, 6) is 0.809. The van der Waals surface area contributed by atoms with Crippen molar-refractivity contribution < 1.29 is 13.2 Å². The molecule has 30 heavy (non-hydrogen) atoms. The van der Waals surface area contributed by atoms with E-state index < -0.39 is 11.7 Å². The first kappa shape index (κ1) is 18.9. The second-order valence-corrected chi connectivity index (χ2v) is 7.47. The molecule has 3 aromatic heterocycles. The van der Waals surface area contributed by atoms with Gasteiger partial charge < -0.3 is 15.2 Å². The number of halogens is 3. The number of nitrogens with zero attached hydrogens (tertiary/aromatic N) is 4. The zero-order valence-electron chi connectivity index (χ0n) is 16.2. The largest absolute Gasteiger partial charge is 0.417 e. The van der Waals surface area contributed by atoms with E-state index in [1.54, 1.807) is 0 Å². The number of H-pyrrole nitrogens is 1. The standard InChI is InChI=1S/C20H20F3N7/c1-30-15-7-3-2-5-13(15)26-16(30)10-25-18-17-11(20(21,22)23)9-14(12-6-4-8-24-12)27-19(17)29-28-18/h2-3,5,7,9,12,24H,4,6,8,10H2,1H3,(H2,25,27,28,29)/t12-/m0/s1. The van der Waals surface area contributed by atoms with Crippen LogP contribution in [0.15, 0.2) is 30.3 Å². The minimum absolute atomic E-state index is 0.0528. The molecule has 5 rings (SSSR count). The van der Waals surface area contributed by atoms with Crippen LogP contribution in [0.3, 0.4) is 0 Å². The first-order chi connectivity index (χ1) is 14.4. The molecule has 0 amide bonds. The quantitative estimate of drug-likeness (QED) is 0.471. The van der Waals surface area contributed by atoms with E-state index in [-0.39, 0.29) is 29.4 Å². The van der Waals surface area contributed by atoms with Crippen LogP contribution in [-0.2, 0) is 19.8 Å². The second-order valence-electron chi connectivity index (χ2n) is 7.47. The number of benzene rings is 1. The third kappa shape index (κ3) is 3.17. The molecule has 1 aromatic carbocycles. The number of fused-ring (bicyclic) bond motifs is 2. The van der Waals surface area contributed by atoms with Crippen LogP contribution in [0.5, 0.6) is 0 Å². The Morgan fingerprint density at radius 2 is 2.07 bits per heavy atom. The molecule has 1 aliphatic heterocycles. The smallest absolute Gasteiger partial charge is 0.361 e. The van der Waals surface area contributed by atoms with Crippen LogP contribution in [-0.4, -0.2) is 31.3 Å². The Morgan fingerprint density at radius 1 is 1.23 bits per heavy atom. The van der Waals surface area contributed by atoms with Crippen LogP contribution in [0.1, 0.15) is 36.0 Å². The monoisotopic (exact) mass is 415 g/mol. The van der Waals surface area contributed by atoms with Gasteiger partial charge in [0, 0.05) is 13.1 Å². The molecule has 1 atom stereocenters. The van der Waals surface area contributed by atoms with Crippen molar-refractivity contribution >= 4 is 27.9 Å². The van der Waals surface area contributed by atoms with Crippen LogP contribution >= 0.6 is 0 Å². The Bertz CT molecular complexity index is 1220. The van der Waals surface area contributed by atoms with Crippen molar-refractivity contribution in [1.29, 1.82) is 0 Å². The van der Waals surface area contributed by atoms with Crippen LogP contribution in [0, 0.1) is 0 Å². The topological polar surface area (TPSA) is 83.5 Å². The molecule has 1 fully saturated rings. The molecule has 10 heteroatoms. The molecule has 0 radical (unpaired) electrons. The minimum atomic E-state index is -4.52. The highest BCUT2D eigenvalue weighted by molar-refractivity contribution is 5.91. The predicted molar refractivity (Wildman–Crippen MR) is 107 cm³/mol. The molecule has 0 saturated carbocycles. The summed E-state index contributed by atoms with van der Waals surface area (Å²) in [6, 6.07) is 8.62. The molecule has 4 heterocycles. The maximum atomic E-state index is 13.9. The maximum absolute atomic E-state index is 13.9. The second kappa shape index (κ2) is 6.98. The summed E-state index contributed by atoms with van der Waals surface area (Å²) < 4.78 is 43.5. The summed E-state index contributed by atoms with van der Waals surface area (Å²) >= 11 is 0. The first-order valence-electron chi connectivity index (χ1n) is 9.75. The Hall–Kier alpha value is -3.14. The third-order valence-electron chi connectivity index (χ3n) is 5.57. The van der Waals surface area contributed by atoms with Crippen molar-refractivity contribution in [2.24, 2.45) is 7.05 Å². The lowest BCUT2D eigenvalue weighted by molar-refractivity contribution is -0.136. The van der Waals surface area contributed by atoms with Gasteiger partial charge in [0.15, 0.2) is 11.5 Å². The summed E-state index contributed by atoms with van der Waals surface area (Å²) in [7, 11) is 1.87. The highest BCUT2D eigenvalue weighted by Crippen LogP contribution is 2.39. The zero-order valence-corrected chi connectivity index (χ0v) is 16.2. The lowest BCUT2D eigenvalue weighted by Crippen LogP contribution is -2.16. The Morgan fingerprint density at radius 3 is 2.80 bits per heavy atom. The average molecular weight is 415 g/mol. The minimum Gasteiger partial charge on any atom is -0.361 e. The molecule has 1 aliphatic rings. The number of aromatic amines is 1. The van der Waals surface area contributed by atoms with Gasteiger partial charge in [-0.25, -0.2) is 9.97 Å². The van der Waals surface area contributed by atoms with Crippen molar-refractivity contribution in [3.8, 4) is 0 Å². The van der Waals surface area contributed by atoms with E-state index >= 15 is 0 Å². The van der Waals surface area contributed by atoms with Crippen molar-refractivity contribution in [2.45, 2.75) is 31.6 Å². The van der Waals surface area contributed by atoms with E-state index in [1.807, 2.05) is 35.9 Å². The molecule has 0 aliphatic carbocycles. The normalized spacial score (nSPS) is 17.3. The Kier molecular flexibility index (Phi) is 4.39. The fraction of sp³-hybridized carbons (Fsp3) is 0.350. The van der Waals surface area contributed by atoms with Crippen molar-refractivity contribution in [3.63, 3.8) is 0 Å². The summed E-state index contributed by atoms with van der Waals surface area (Å²) in [6.07, 6.45) is -2.84. The van der Waals surface area contributed by atoms with Gasteiger partial charge in [-0.05, 0) is 37.6 Å². The van der Waals surface area contributed by atoms with Gasteiger partial charge in [0.25, 0.3) is 0 Å². The molecular formula is C20H20F3N7. The number of hydrogen-bond acceptors (Lipinski definition) is 5. The molecule has 0 unspecified atom stereocenters. The highest BCUT2D eigenvalue weighted by Gasteiger charge is 2.36. The zero-order chi connectivity index (χ0) is 20.9. The fourth-order valence-electron chi connectivity index (χ4n) is 4.03. The van der Waals surface area contributed by atoms with Gasteiger partial charge in [-0.2, -0.15) is 18.3 Å². The summed E-state index contributed by atoms with van der Waals surface area (Å²) in [6.45, 7) is 1.01. The number of hydrogen-bond donors (Lipinski definition) is 3. The van der Waals surface area contributed by atoms with Crippen molar-refractivity contribution in [2.75, 3.05) is 11.9 Å². The molecule has 3 N–H and O–H groups in total. The van der Waals surface area contributed by atoms with Crippen LogP contribution < -0.4 is 10.6 Å². The number of aromatic nitrogens is 5. The van der Waals surface area contributed by atoms with Gasteiger partial charge >= 0.3 is 6.18 Å². The first-order valence-corrected chi connectivity index (χ1v) is 9.75. The number of aryl methyl sites for hydroxylation is 1. The van der Waals surface area contributed by atoms with Gasteiger partial charge in [-0.3, -0.25) is 5.10 Å². The Balaban J connectivity index is 1.52. The van der Waals surface area contributed by atoms with E-state index in [9.17, 15) is 13.2 Å². The van der Waals surface area contributed by atoms with Gasteiger partial charge in [0.05, 0.1) is 34.2 Å². The lowest BCUT2D eigenvalue weighted by Gasteiger charge is -2.15. The summed E-state index contributed by atoms with van der Waals surface area (Å²) in [5, 5.41) is 12.9. The molecular weight excluding hydrogens is 395 g/mol. The van der Waals surface area contributed by atoms with Crippen molar-refractivity contribution in [1.82, 2.24) is 30.0 Å². The van der Waals surface area contributed by atoms with Gasteiger partial charge in [-0.1, -0.05) is 12.1 Å². The average Bonchev–Trinajstić information content (AvgIpc) is 3.45. The number of para-hydroxylation sites is 2. The van der Waals surface area contributed by atoms with E-state index in [0.29, 0.717) is 11.5 Å². The van der Waals surface area contributed by atoms with Crippen LogP contribution in [0.4, 0.5) is 19.0 Å². The van der Waals surface area contributed by atoms with E-state index in [1.165, 1.54) is 0 Å². The lowest BCUT2D eigenvalue weighted by atomic mass is 10.1. The van der Waals surface area contributed by atoms with Gasteiger partial charge in [0.1, 0.15) is 5.82 Å². The number of imidazole rings is 1. The molecule has 0 spiro atoms. The van der Waals surface area contributed by atoms with Gasteiger partial charge in [-0.15, -0.1) is 0 Å². The maximum Gasteiger partial charge on any atom is 0.417 e. The SMILES string of the molecule is Cn1c(CNc2n[nH]c3nc([C@@H]4CCCN4)cc(C(F)(F)F)c23)nc2ccccc21. The number of pyridine rings is 1. The number of alkyl halides is 3. The van der Waals surface area contributed by atoms with Crippen LogP contribution in [0.25, 0.3) is 22.1 Å². The molecule has 7 nitrogen and oxygen atoms in total. The number of nitrogens with one attached hydrogen (secondary N) is 3. The fourth-order valence-corrected chi connectivity index (χ4v) is 4.03. The number of anilines is 1. The van der Waals surface area contributed by atoms with E-state index in [0.717, 1.165) is 36.5 Å². The predicted octanol–water partition coefficient (Wildman–Crippen LogP) is 3.90. The molecule has 156 valence electrons. The number of rotatable bonds is 4. The van der Waals surface area contributed by atoms with E-state index in [4.69, 9.17) is 0 Å². The molecule has 0 bridgehead atoms. The summed E-state index contributed by atoms with van der Waals surface area (Å²) in [4.78, 5) is 8.96. The van der Waals surface area contributed by atoms with Crippen LogP contribution in [0.2, 0.25) is 0 Å². The Labute approximate surface area is 169 Å². The third-order valence-corrected chi connectivity index (χ3v) is 5.57. The van der Waals surface area contributed by atoms with Gasteiger partial charge in [0.2, 0.25) is 0 Å². The molecule has 1 saturated heterocycles. The van der Waals surface area contributed by atoms with E-state index in [2.05, 4.69) is 30.8 Å². The molecule has 4 aromatic rings. The highest BCUT2D eigenvalue weighted by atomic mass is 19.4. The summed E-state index contributed by atoms with van der Waals surface area (Å²) in [5.41, 5.74) is 1.55.